The SMILES string of the molecule is C[C@H]1CCc2sc(C(=O)OCC(=O)Nc3c(F)cccc3F)cc2C1. The first kappa shape index (κ1) is 17.5. The molecule has 0 aliphatic heterocycles. The van der Waals surface area contributed by atoms with E-state index in [2.05, 4.69) is 12.2 Å². The van der Waals surface area contributed by atoms with Crippen LogP contribution in [0.4, 0.5) is 14.5 Å². The molecule has 1 N–H and O–H groups in total. The number of esters is 1. The Balaban J connectivity index is 1.58. The summed E-state index contributed by atoms with van der Waals surface area (Å²) >= 11 is 1.38. The predicted molar refractivity (Wildman–Crippen MR) is 90.8 cm³/mol. The molecule has 25 heavy (non-hydrogen) atoms. The number of thiophene rings is 1. The number of amides is 1. The molecule has 0 fully saturated rings. The number of nitrogens with one attached hydrogen (secondary N) is 1. The number of rotatable bonds is 4. The minimum atomic E-state index is -0.889. The van der Waals surface area contributed by atoms with Gasteiger partial charge in [-0.1, -0.05) is 13.0 Å². The van der Waals surface area contributed by atoms with Gasteiger partial charge in [0.25, 0.3) is 5.91 Å². The lowest BCUT2D eigenvalue weighted by molar-refractivity contribution is -0.119. The van der Waals surface area contributed by atoms with Crippen molar-refractivity contribution in [3.05, 3.63) is 51.2 Å². The highest BCUT2D eigenvalue weighted by Gasteiger charge is 2.22. The maximum atomic E-state index is 13.5. The van der Waals surface area contributed by atoms with E-state index >= 15 is 0 Å². The number of ether oxygens (including phenoxy) is 1. The summed E-state index contributed by atoms with van der Waals surface area (Å²) in [5.41, 5.74) is 0.609. The number of para-hydroxylation sites is 1. The van der Waals surface area contributed by atoms with Crippen LogP contribution in [0, 0.1) is 17.6 Å². The van der Waals surface area contributed by atoms with Gasteiger partial charge in [-0.2, -0.15) is 0 Å². The Hall–Kier alpha value is -2.28. The Morgan fingerprint density at radius 2 is 2.04 bits per heavy atom. The van der Waals surface area contributed by atoms with Crippen LogP contribution in [0.1, 0.15) is 33.5 Å². The van der Waals surface area contributed by atoms with E-state index in [9.17, 15) is 18.4 Å². The predicted octanol–water partition coefficient (Wildman–Crippen LogP) is 3.95. The van der Waals surface area contributed by atoms with Crippen molar-refractivity contribution >= 4 is 28.9 Å². The van der Waals surface area contributed by atoms with Gasteiger partial charge in [-0.05, 0) is 48.9 Å². The van der Waals surface area contributed by atoms with Gasteiger partial charge in [-0.25, -0.2) is 13.6 Å². The van der Waals surface area contributed by atoms with Gasteiger partial charge in [-0.3, -0.25) is 4.79 Å². The summed E-state index contributed by atoms with van der Waals surface area (Å²) in [5, 5.41) is 2.08. The molecule has 7 heteroatoms. The van der Waals surface area contributed by atoms with Gasteiger partial charge in [0.15, 0.2) is 6.61 Å². The normalized spacial score (nSPS) is 16.2. The van der Waals surface area contributed by atoms with Crippen molar-refractivity contribution < 1.29 is 23.1 Å². The molecule has 1 aromatic carbocycles. The highest BCUT2D eigenvalue weighted by atomic mass is 32.1. The second-order valence-corrected chi connectivity index (χ2v) is 7.26. The minimum Gasteiger partial charge on any atom is -0.451 e. The second kappa shape index (κ2) is 7.31. The Bertz CT molecular complexity index is 798. The summed E-state index contributed by atoms with van der Waals surface area (Å²) in [6.07, 6.45) is 2.98. The third kappa shape index (κ3) is 4.04. The van der Waals surface area contributed by atoms with Crippen LogP contribution >= 0.6 is 11.3 Å². The fourth-order valence-corrected chi connectivity index (χ4v) is 3.90. The first-order valence-corrected chi connectivity index (χ1v) is 8.78. The Morgan fingerprint density at radius 1 is 1.32 bits per heavy atom. The molecule has 1 aliphatic carbocycles. The molecule has 132 valence electrons. The van der Waals surface area contributed by atoms with Crippen molar-refractivity contribution in [3.63, 3.8) is 0 Å². The molecular weight excluding hydrogens is 348 g/mol. The summed E-state index contributed by atoms with van der Waals surface area (Å²) in [6.45, 7) is 1.57. The van der Waals surface area contributed by atoms with Crippen molar-refractivity contribution in [2.45, 2.75) is 26.2 Å². The molecule has 1 aromatic heterocycles. The number of aryl methyl sites for hydroxylation is 1. The molecule has 0 saturated heterocycles. The Morgan fingerprint density at radius 3 is 2.76 bits per heavy atom. The standard InChI is InChI=1S/C18H17F2NO3S/c1-10-5-6-14-11(7-10)8-15(25-14)18(23)24-9-16(22)21-17-12(19)3-2-4-13(17)20/h2-4,8,10H,5-7,9H2,1H3,(H,21,22)/t10-/m0/s1. The molecule has 0 bridgehead atoms. The number of carbonyl (C=O) groups excluding carboxylic acids is 2. The smallest absolute Gasteiger partial charge is 0.348 e. The molecule has 3 rings (SSSR count). The van der Waals surface area contributed by atoms with Gasteiger partial charge < -0.3 is 10.1 Å². The van der Waals surface area contributed by atoms with E-state index in [4.69, 9.17) is 4.74 Å². The molecule has 0 radical (unpaired) electrons. The molecule has 1 amide bonds. The zero-order valence-corrected chi connectivity index (χ0v) is 14.4. The van der Waals surface area contributed by atoms with Gasteiger partial charge in [-0.15, -0.1) is 11.3 Å². The van der Waals surface area contributed by atoms with Crippen LogP contribution in [0.15, 0.2) is 24.3 Å². The molecule has 1 aliphatic rings. The van der Waals surface area contributed by atoms with E-state index < -0.39 is 35.8 Å². The van der Waals surface area contributed by atoms with Crippen molar-refractivity contribution in [1.82, 2.24) is 0 Å². The van der Waals surface area contributed by atoms with E-state index in [0.717, 1.165) is 37.0 Å². The van der Waals surface area contributed by atoms with Gasteiger partial charge in [0.1, 0.15) is 22.2 Å². The summed E-state index contributed by atoms with van der Waals surface area (Å²) in [5.74, 6) is -2.59. The fraction of sp³-hybridized carbons (Fsp3) is 0.333. The lowest BCUT2D eigenvalue weighted by Crippen LogP contribution is -2.21. The molecule has 4 nitrogen and oxygen atoms in total. The van der Waals surface area contributed by atoms with E-state index in [1.165, 1.54) is 22.3 Å². The lowest BCUT2D eigenvalue weighted by Gasteiger charge is -2.16. The maximum absolute atomic E-state index is 13.5. The number of carbonyl (C=O) groups is 2. The van der Waals surface area contributed by atoms with Crippen molar-refractivity contribution in [1.29, 1.82) is 0 Å². The fourth-order valence-electron chi connectivity index (χ4n) is 2.80. The largest absolute Gasteiger partial charge is 0.451 e. The van der Waals surface area contributed by atoms with Gasteiger partial charge in [0.05, 0.1) is 0 Å². The monoisotopic (exact) mass is 365 g/mol. The molecule has 0 spiro atoms. The molecule has 0 saturated carbocycles. The molecule has 1 heterocycles. The zero-order valence-electron chi connectivity index (χ0n) is 13.6. The summed E-state index contributed by atoms with van der Waals surface area (Å²) in [4.78, 5) is 25.5. The minimum absolute atomic E-state index is 0.448. The number of anilines is 1. The van der Waals surface area contributed by atoms with Gasteiger partial charge >= 0.3 is 5.97 Å². The molecule has 0 unspecified atom stereocenters. The van der Waals surface area contributed by atoms with Crippen LogP contribution in [0.2, 0.25) is 0 Å². The van der Waals surface area contributed by atoms with Gasteiger partial charge in [0, 0.05) is 4.88 Å². The third-order valence-electron chi connectivity index (χ3n) is 4.09. The molecule has 1 atom stereocenters. The number of benzene rings is 1. The summed E-state index contributed by atoms with van der Waals surface area (Å²) in [7, 11) is 0. The van der Waals surface area contributed by atoms with E-state index in [1.807, 2.05) is 6.07 Å². The van der Waals surface area contributed by atoms with Crippen molar-refractivity contribution in [3.8, 4) is 0 Å². The highest BCUT2D eigenvalue weighted by Crippen LogP contribution is 2.32. The van der Waals surface area contributed by atoms with Crippen molar-refractivity contribution in [2.24, 2.45) is 5.92 Å². The van der Waals surface area contributed by atoms with E-state index in [-0.39, 0.29) is 0 Å². The first-order chi connectivity index (χ1) is 11.9. The third-order valence-corrected chi connectivity index (χ3v) is 5.31. The number of halogens is 2. The van der Waals surface area contributed by atoms with Gasteiger partial charge in [0.2, 0.25) is 0 Å². The Labute approximate surface area is 147 Å². The number of hydrogen-bond donors (Lipinski definition) is 1. The average Bonchev–Trinajstić information content (AvgIpc) is 2.99. The second-order valence-electron chi connectivity index (χ2n) is 6.13. The quantitative estimate of drug-likeness (QED) is 0.835. The van der Waals surface area contributed by atoms with Crippen molar-refractivity contribution in [2.75, 3.05) is 11.9 Å². The number of fused-ring (bicyclic) bond motifs is 1. The van der Waals surface area contributed by atoms with Crippen LogP contribution in [0.3, 0.4) is 0 Å². The first-order valence-electron chi connectivity index (χ1n) is 7.96. The average molecular weight is 365 g/mol. The molecular formula is C18H17F2NO3S. The Kier molecular flexibility index (Phi) is 5.13. The van der Waals surface area contributed by atoms with Crippen LogP contribution < -0.4 is 5.32 Å². The van der Waals surface area contributed by atoms with Crippen LogP contribution in [0.5, 0.6) is 0 Å². The summed E-state index contributed by atoms with van der Waals surface area (Å²) < 4.78 is 31.9. The topological polar surface area (TPSA) is 55.4 Å². The van der Waals surface area contributed by atoms with E-state index in [1.54, 1.807) is 0 Å². The van der Waals surface area contributed by atoms with Crippen LogP contribution in [0.25, 0.3) is 0 Å². The summed E-state index contributed by atoms with van der Waals surface area (Å²) in [6, 6.07) is 5.07. The van der Waals surface area contributed by atoms with Crippen LogP contribution in [-0.4, -0.2) is 18.5 Å². The maximum Gasteiger partial charge on any atom is 0.348 e. The number of hydrogen-bond acceptors (Lipinski definition) is 4. The van der Waals surface area contributed by atoms with Crippen LogP contribution in [-0.2, 0) is 22.4 Å². The molecule has 2 aromatic rings. The zero-order chi connectivity index (χ0) is 18.0. The van der Waals surface area contributed by atoms with E-state index in [0.29, 0.717) is 10.8 Å². The highest BCUT2D eigenvalue weighted by molar-refractivity contribution is 7.14. The lowest BCUT2D eigenvalue weighted by atomic mass is 9.90.